The van der Waals surface area contributed by atoms with Crippen LogP contribution in [0.2, 0.25) is 5.02 Å². The van der Waals surface area contributed by atoms with Crippen LogP contribution in [0.5, 0.6) is 5.75 Å². The fourth-order valence-electron chi connectivity index (χ4n) is 1.58. The number of halogens is 1. The van der Waals surface area contributed by atoms with Gasteiger partial charge in [0, 0.05) is 22.7 Å². The van der Waals surface area contributed by atoms with Crippen LogP contribution >= 0.6 is 11.6 Å². The van der Waals surface area contributed by atoms with E-state index in [1.54, 1.807) is 17.0 Å². The fraction of sp³-hybridized carbons (Fsp3) is 0.462. The fourth-order valence-corrected chi connectivity index (χ4v) is 1.77. The number of benzene rings is 1. The molecule has 18 heavy (non-hydrogen) atoms. The number of nitrogens with zero attached hydrogens (tertiary/aromatic N) is 1. The Balaban J connectivity index is 2.96. The lowest BCUT2D eigenvalue weighted by molar-refractivity contribution is -0.139. The first-order valence-electron chi connectivity index (χ1n) is 5.64. The van der Waals surface area contributed by atoms with E-state index in [2.05, 4.69) is 0 Å². The zero-order chi connectivity index (χ0) is 13.9. The van der Waals surface area contributed by atoms with E-state index in [1.165, 1.54) is 6.07 Å². The van der Waals surface area contributed by atoms with E-state index in [1.807, 2.05) is 20.8 Å². The van der Waals surface area contributed by atoms with Crippen LogP contribution in [0.15, 0.2) is 18.2 Å². The lowest BCUT2D eigenvalue weighted by Gasteiger charge is -2.34. The van der Waals surface area contributed by atoms with Crippen molar-refractivity contribution in [3.8, 4) is 5.75 Å². The van der Waals surface area contributed by atoms with Crippen molar-refractivity contribution in [1.29, 1.82) is 0 Å². The van der Waals surface area contributed by atoms with E-state index < -0.39 is 5.97 Å². The molecule has 0 aliphatic heterocycles. The molecule has 1 rings (SSSR count). The summed E-state index contributed by atoms with van der Waals surface area (Å²) >= 11 is 5.87. The number of hydrogen-bond acceptors (Lipinski definition) is 3. The van der Waals surface area contributed by atoms with Crippen molar-refractivity contribution in [2.24, 2.45) is 0 Å². The van der Waals surface area contributed by atoms with Crippen LogP contribution in [0.1, 0.15) is 26.3 Å². The predicted octanol–water partition coefficient (Wildman–Crippen LogP) is 2.73. The van der Waals surface area contributed by atoms with Crippen molar-refractivity contribution in [2.45, 2.75) is 32.9 Å². The van der Waals surface area contributed by atoms with Gasteiger partial charge >= 0.3 is 5.97 Å². The average Bonchev–Trinajstić information content (AvgIpc) is 2.20. The van der Waals surface area contributed by atoms with E-state index in [0.29, 0.717) is 17.1 Å². The van der Waals surface area contributed by atoms with Crippen molar-refractivity contribution in [2.75, 3.05) is 6.54 Å². The first-order valence-corrected chi connectivity index (χ1v) is 6.02. The number of phenols is 1. The third-order valence-electron chi connectivity index (χ3n) is 2.68. The van der Waals surface area contributed by atoms with Gasteiger partial charge in [0.05, 0.1) is 6.54 Å². The number of carbonyl (C=O) groups is 1. The van der Waals surface area contributed by atoms with Gasteiger partial charge in [-0.15, -0.1) is 0 Å². The summed E-state index contributed by atoms with van der Waals surface area (Å²) in [5.41, 5.74) is 0.311. The van der Waals surface area contributed by atoms with Gasteiger partial charge in [0.2, 0.25) is 0 Å². The van der Waals surface area contributed by atoms with Gasteiger partial charge in [-0.2, -0.15) is 0 Å². The topological polar surface area (TPSA) is 60.8 Å². The minimum Gasteiger partial charge on any atom is -0.508 e. The molecule has 0 unspecified atom stereocenters. The molecule has 0 heterocycles. The summed E-state index contributed by atoms with van der Waals surface area (Å²) in [6.45, 7) is 6.03. The quantitative estimate of drug-likeness (QED) is 0.884. The van der Waals surface area contributed by atoms with Gasteiger partial charge in [-0.05, 0) is 39.0 Å². The lowest BCUT2D eigenvalue weighted by Crippen LogP contribution is -2.43. The smallest absolute Gasteiger partial charge is 0.317 e. The second-order valence-corrected chi connectivity index (χ2v) is 5.63. The molecule has 0 fully saturated rings. The molecule has 0 aliphatic carbocycles. The number of carboxylic acid groups (broad SMARTS) is 1. The van der Waals surface area contributed by atoms with Gasteiger partial charge in [-0.25, -0.2) is 0 Å². The van der Waals surface area contributed by atoms with Crippen molar-refractivity contribution in [3.63, 3.8) is 0 Å². The first-order chi connectivity index (χ1) is 8.20. The summed E-state index contributed by atoms with van der Waals surface area (Å²) < 4.78 is 0. The summed E-state index contributed by atoms with van der Waals surface area (Å²) in [5.74, 6) is -0.773. The van der Waals surface area contributed by atoms with Gasteiger partial charge in [-0.1, -0.05) is 11.6 Å². The van der Waals surface area contributed by atoms with Gasteiger partial charge in [0.25, 0.3) is 0 Å². The second-order valence-electron chi connectivity index (χ2n) is 5.19. The molecule has 0 spiro atoms. The van der Waals surface area contributed by atoms with E-state index in [4.69, 9.17) is 16.7 Å². The Bertz CT molecular complexity index is 440. The summed E-state index contributed by atoms with van der Waals surface area (Å²) in [6.07, 6.45) is 0. The maximum absolute atomic E-state index is 10.9. The number of carboxylic acids is 1. The molecular formula is C13H18ClNO3. The van der Waals surface area contributed by atoms with Crippen LogP contribution in [-0.4, -0.2) is 33.2 Å². The Morgan fingerprint density at radius 2 is 2.00 bits per heavy atom. The SMILES string of the molecule is CC(C)(C)N(CC(=O)O)Cc1cc(Cl)ccc1O. The Labute approximate surface area is 112 Å². The molecular weight excluding hydrogens is 254 g/mol. The highest BCUT2D eigenvalue weighted by Crippen LogP contribution is 2.25. The van der Waals surface area contributed by atoms with Crippen LogP contribution in [0, 0.1) is 0 Å². The number of hydrogen-bond donors (Lipinski definition) is 2. The molecule has 4 nitrogen and oxygen atoms in total. The minimum atomic E-state index is -0.897. The third-order valence-corrected chi connectivity index (χ3v) is 2.91. The number of aromatic hydroxyl groups is 1. The van der Waals surface area contributed by atoms with E-state index in [0.717, 1.165) is 0 Å². The van der Waals surface area contributed by atoms with Crippen molar-refractivity contribution in [1.82, 2.24) is 4.90 Å². The van der Waals surface area contributed by atoms with Gasteiger partial charge in [0.1, 0.15) is 5.75 Å². The molecule has 1 aromatic carbocycles. The molecule has 0 amide bonds. The lowest BCUT2D eigenvalue weighted by atomic mass is 10.0. The van der Waals surface area contributed by atoms with Crippen LogP contribution in [-0.2, 0) is 11.3 Å². The number of phenolic OH excluding ortho intramolecular Hbond substituents is 1. The average molecular weight is 272 g/mol. The summed E-state index contributed by atoms with van der Waals surface area (Å²) in [7, 11) is 0. The number of aliphatic carboxylic acids is 1. The Hall–Kier alpha value is -1.26. The monoisotopic (exact) mass is 271 g/mol. The molecule has 0 radical (unpaired) electrons. The second kappa shape index (κ2) is 5.59. The van der Waals surface area contributed by atoms with Crippen molar-refractivity contribution < 1.29 is 15.0 Å². The highest BCUT2D eigenvalue weighted by molar-refractivity contribution is 6.30. The Morgan fingerprint density at radius 1 is 1.39 bits per heavy atom. The van der Waals surface area contributed by atoms with Crippen LogP contribution in [0.4, 0.5) is 0 Å². The summed E-state index contributed by atoms with van der Waals surface area (Å²) in [6, 6.07) is 4.76. The van der Waals surface area contributed by atoms with E-state index in [9.17, 15) is 9.90 Å². The van der Waals surface area contributed by atoms with Crippen LogP contribution in [0.25, 0.3) is 0 Å². The van der Waals surface area contributed by atoms with Gasteiger partial charge in [-0.3, -0.25) is 9.69 Å². The molecule has 0 saturated carbocycles. The Morgan fingerprint density at radius 3 is 2.50 bits per heavy atom. The molecule has 5 heteroatoms. The van der Waals surface area contributed by atoms with Crippen LogP contribution in [0.3, 0.4) is 0 Å². The zero-order valence-electron chi connectivity index (χ0n) is 10.8. The summed E-state index contributed by atoms with van der Waals surface area (Å²) in [5, 5.41) is 19.2. The third kappa shape index (κ3) is 4.20. The van der Waals surface area contributed by atoms with Crippen LogP contribution < -0.4 is 0 Å². The Kier molecular flexibility index (Phi) is 4.59. The molecule has 1 aromatic rings. The highest BCUT2D eigenvalue weighted by atomic mass is 35.5. The van der Waals surface area contributed by atoms with Crippen molar-refractivity contribution in [3.05, 3.63) is 28.8 Å². The highest BCUT2D eigenvalue weighted by Gasteiger charge is 2.24. The minimum absolute atomic E-state index is 0.0878. The maximum atomic E-state index is 10.9. The van der Waals surface area contributed by atoms with E-state index >= 15 is 0 Å². The molecule has 0 atom stereocenters. The molecule has 0 bridgehead atoms. The van der Waals surface area contributed by atoms with Gasteiger partial charge in [0.15, 0.2) is 0 Å². The molecule has 0 aromatic heterocycles. The predicted molar refractivity (Wildman–Crippen MR) is 70.9 cm³/mol. The van der Waals surface area contributed by atoms with E-state index in [-0.39, 0.29) is 17.8 Å². The standard InChI is InChI=1S/C13H18ClNO3/c1-13(2,3)15(8-12(17)18)7-9-6-10(14)4-5-11(9)16/h4-6,16H,7-8H2,1-3H3,(H,17,18). The molecule has 0 saturated heterocycles. The first kappa shape index (κ1) is 14.8. The molecule has 100 valence electrons. The normalized spacial score (nSPS) is 11.8. The maximum Gasteiger partial charge on any atom is 0.317 e. The van der Waals surface area contributed by atoms with Gasteiger partial charge < -0.3 is 10.2 Å². The summed E-state index contributed by atoms with van der Waals surface area (Å²) in [4.78, 5) is 12.6. The largest absolute Gasteiger partial charge is 0.508 e. The number of rotatable bonds is 4. The molecule has 0 aliphatic rings. The van der Waals surface area contributed by atoms with Crippen molar-refractivity contribution >= 4 is 17.6 Å². The molecule has 2 N–H and O–H groups in total. The zero-order valence-corrected chi connectivity index (χ0v) is 11.5.